The lowest BCUT2D eigenvalue weighted by atomic mass is 9.75. The number of likely N-dealkylation sites (tertiary alicyclic amines) is 1. The van der Waals surface area contributed by atoms with Crippen molar-refractivity contribution >= 4 is 5.91 Å². The molecule has 0 radical (unpaired) electrons. The van der Waals surface area contributed by atoms with Gasteiger partial charge in [-0.3, -0.25) is 4.79 Å². The van der Waals surface area contributed by atoms with Crippen molar-refractivity contribution in [3.05, 3.63) is 22.6 Å². The first kappa shape index (κ1) is 16.6. The molecule has 2 heterocycles. The molecule has 1 N–H and O–H groups in total. The van der Waals surface area contributed by atoms with Crippen LogP contribution < -0.4 is 0 Å². The molecular formula is C19H29NO3. The predicted octanol–water partition coefficient (Wildman–Crippen LogP) is 4.00. The molecule has 4 nitrogen and oxygen atoms in total. The Morgan fingerprint density at radius 1 is 1.39 bits per heavy atom. The van der Waals surface area contributed by atoms with Crippen LogP contribution in [0.2, 0.25) is 0 Å². The maximum absolute atomic E-state index is 13.0. The first-order chi connectivity index (χ1) is 10.8. The van der Waals surface area contributed by atoms with Gasteiger partial charge in [0.1, 0.15) is 5.76 Å². The van der Waals surface area contributed by atoms with Gasteiger partial charge in [-0.2, -0.15) is 0 Å². The fourth-order valence-corrected chi connectivity index (χ4v) is 4.31. The number of rotatable bonds is 2. The average molecular weight is 319 g/mol. The zero-order valence-electron chi connectivity index (χ0n) is 14.8. The van der Waals surface area contributed by atoms with Gasteiger partial charge in [0.25, 0.3) is 5.91 Å². The topological polar surface area (TPSA) is 53.7 Å². The van der Waals surface area contributed by atoms with Crippen LogP contribution in [0.1, 0.15) is 86.4 Å². The number of hydrogen-bond donors (Lipinski definition) is 1. The fourth-order valence-electron chi connectivity index (χ4n) is 4.31. The summed E-state index contributed by atoms with van der Waals surface area (Å²) in [5, 5.41) is 10.5. The van der Waals surface area contributed by atoms with E-state index in [0.29, 0.717) is 11.8 Å². The molecule has 1 aliphatic carbocycles. The highest BCUT2D eigenvalue weighted by atomic mass is 16.4. The molecule has 2 unspecified atom stereocenters. The van der Waals surface area contributed by atoms with Gasteiger partial charge in [-0.05, 0) is 44.4 Å². The number of furan rings is 1. The molecule has 3 rings (SSSR count). The summed E-state index contributed by atoms with van der Waals surface area (Å²) in [4.78, 5) is 15.0. The van der Waals surface area contributed by atoms with E-state index in [0.717, 1.165) is 55.5 Å². The summed E-state index contributed by atoms with van der Waals surface area (Å²) in [5.41, 5.74) is 1.71. The quantitative estimate of drug-likeness (QED) is 0.896. The Balaban J connectivity index is 1.93. The maximum Gasteiger partial charge on any atom is 0.290 e. The van der Waals surface area contributed by atoms with Crippen molar-refractivity contribution in [1.29, 1.82) is 0 Å². The Morgan fingerprint density at radius 2 is 2.13 bits per heavy atom. The Morgan fingerprint density at radius 3 is 2.83 bits per heavy atom. The molecule has 0 saturated carbocycles. The molecule has 128 valence electrons. The number of amides is 1. The third-order valence-corrected chi connectivity index (χ3v) is 5.54. The molecule has 1 saturated heterocycles. The Labute approximate surface area is 138 Å². The fraction of sp³-hybridized carbons (Fsp3) is 0.737. The summed E-state index contributed by atoms with van der Waals surface area (Å²) in [6.45, 7) is 9.15. The highest BCUT2D eigenvalue weighted by Crippen LogP contribution is 2.44. The lowest BCUT2D eigenvalue weighted by Gasteiger charge is -2.34. The molecule has 0 aromatic carbocycles. The van der Waals surface area contributed by atoms with E-state index in [9.17, 15) is 9.90 Å². The average Bonchev–Trinajstić information content (AvgIpc) is 2.81. The SMILES string of the molecule is CCC1CCCCN1C(=O)c1oc2c(c1C)C(O)CC(C)(C)C2. The van der Waals surface area contributed by atoms with Gasteiger partial charge in [0.15, 0.2) is 5.76 Å². The largest absolute Gasteiger partial charge is 0.455 e. The number of hydrogen-bond acceptors (Lipinski definition) is 3. The number of nitrogens with zero attached hydrogens (tertiary/aromatic N) is 1. The van der Waals surface area contributed by atoms with Crippen LogP contribution in [0, 0.1) is 12.3 Å². The smallest absolute Gasteiger partial charge is 0.290 e. The molecular weight excluding hydrogens is 290 g/mol. The predicted molar refractivity (Wildman–Crippen MR) is 89.5 cm³/mol. The molecule has 4 heteroatoms. The number of fused-ring (bicyclic) bond motifs is 1. The lowest BCUT2D eigenvalue weighted by Crippen LogP contribution is -2.43. The Bertz CT molecular complexity index is 602. The minimum atomic E-state index is -0.526. The summed E-state index contributed by atoms with van der Waals surface area (Å²) >= 11 is 0. The van der Waals surface area contributed by atoms with Crippen molar-refractivity contribution in [3.63, 3.8) is 0 Å². The molecule has 2 aliphatic rings. The standard InChI is InChI=1S/C19H29NO3/c1-5-13-8-6-7-9-20(13)18(22)17-12(2)16-14(21)10-19(3,4)11-15(16)23-17/h13-14,21H,5-11H2,1-4H3. The first-order valence-corrected chi connectivity index (χ1v) is 8.95. The van der Waals surface area contributed by atoms with Crippen molar-refractivity contribution in [1.82, 2.24) is 4.90 Å². The van der Waals surface area contributed by atoms with Crippen molar-refractivity contribution in [2.45, 2.75) is 78.4 Å². The number of piperidine rings is 1. The van der Waals surface area contributed by atoms with Crippen molar-refractivity contribution in [3.8, 4) is 0 Å². The molecule has 23 heavy (non-hydrogen) atoms. The van der Waals surface area contributed by atoms with Gasteiger partial charge in [0.05, 0.1) is 6.10 Å². The van der Waals surface area contributed by atoms with E-state index >= 15 is 0 Å². The van der Waals surface area contributed by atoms with Crippen LogP contribution >= 0.6 is 0 Å². The minimum absolute atomic E-state index is 0.00783. The van der Waals surface area contributed by atoms with E-state index in [1.165, 1.54) is 6.42 Å². The monoisotopic (exact) mass is 319 g/mol. The molecule has 1 aromatic heterocycles. The third kappa shape index (κ3) is 2.93. The van der Waals surface area contributed by atoms with E-state index in [4.69, 9.17) is 4.42 Å². The summed E-state index contributed by atoms with van der Waals surface area (Å²) in [6, 6.07) is 0.319. The van der Waals surface area contributed by atoms with Gasteiger partial charge < -0.3 is 14.4 Å². The third-order valence-electron chi connectivity index (χ3n) is 5.54. The summed E-state index contributed by atoms with van der Waals surface area (Å²) in [7, 11) is 0. The van der Waals surface area contributed by atoms with Gasteiger partial charge in [0.2, 0.25) is 0 Å². The van der Waals surface area contributed by atoms with E-state index in [2.05, 4.69) is 20.8 Å². The zero-order valence-corrected chi connectivity index (χ0v) is 14.8. The molecule has 0 spiro atoms. The molecule has 1 fully saturated rings. The highest BCUT2D eigenvalue weighted by Gasteiger charge is 2.38. The molecule has 0 bridgehead atoms. The summed E-state index contributed by atoms with van der Waals surface area (Å²) in [6.07, 6.45) is 5.31. The second kappa shape index (κ2) is 5.97. The number of carbonyl (C=O) groups excluding carboxylic acids is 1. The number of carbonyl (C=O) groups is 1. The van der Waals surface area contributed by atoms with Crippen molar-refractivity contribution in [2.24, 2.45) is 5.41 Å². The van der Waals surface area contributed by atoms with Crippen LogP contribution in [0.15, 0.2) is 4.42 Å². The van der Waals surface area contributed by atoms with Crippen LogP contribution in [0.4, 0.5) is 0 Å². The lowest BCUT2D eigenvalue weighted by molar-refractivity contribution is 0.0568. The van der Waals surface area contributed by atoms with Gasteiger partial charge in [-0.15, -0.1) is 0 Å². The van der Waals surface area contributed by atoms with Gasteiger partial charge >= 0.3 is 0 Å². The first-order valence-electron chi connectivity index (χ1n) is 8.95. The molecule has 1 amide bonds. The molecule has 1 aliphatic heterocycles. The van der Waals surface area contributed by atoms with Crippen molar-refractivity contribution in [2.75, 3.05) is 6.54 Å². The second-order valence-corrected chi connectivity index (χ2v) is 8.01. The van der Waals surface area contributed by atoms with Crippen LogP contribution in [0.25, 0.3) is 0 Å². The number of aliphatic hydroxyl groups is 1. The summed E-state index contributed by atoms with van der Waals surface area (Å²) < 4.78 is 6.00. The Kier molecular flexibility index (Phi) is 4.30. The van der Waals surface area contributed by atoms with E-state index < -0.39 is 6.10 Å². The van der Waals surface area contributed by atoms with E-state index in [1.54, 1.807) is 0 Å². The van der Waals surface area contributed by atoms with Crippen LogP contribution in [-0.4, -0.2) is 28.5 Å². The van der Waals surface area contributed by atoms with Gasteiger partial charge in [-0.25, -0.2) is 0 Å². The molecule has 1 aromatic rings. The van der Waals surface area contributed by atoms with Crippen LogP contribution in [0.3, 0.4) is 0 Å². The van der Waals surface area contributed by atoms with Crippen LogP contribution in [-0.2, 0) is 6.42 Å². The van der Waals surface area contributed by atoms with Crippen LogP contribution in [0.5, 0.6) is 0 Å². The summed E-state index contributed by atoms with van der Waals surface area (Å²) in [5.74, 6) is 1.26. The zero-order chi connectivity index (χ0) is 16.8. The Hall–Kier alpha value is -1.29. The van der Waals surface area contributed by atoms with Gasteiger partial charge in [-0.1, -0.05) is 20.8 Å². The molecule has 2 atom stereocenters. The minimum Gasteiger partial charge on any atom is -0.455 e. The van der Waals surface area contributed by atoms with Crippen molar-refractivity contribution < 1.29 is 14.3 Å². The van der Waals surface area contributed by atoms with E-state index in [-0.39, 0.29) is 11.3 Å². The normalized spacial score (nSPS) is 26.9. The highest BCUT2D eigenvalue weighted by molar-refractivity contribution is 5.93. The van der Waals surface area contributed by atoms with E-state index in [1.807, 2.05) is 11.8 Å². The maximum atomic E-state index is 13.0. The number of aliphatic hydroxyl groups excluding tert-OH is 1. The second-order valence-electron chi connectivity index (χ2n) is 8.01. The van der Waals surface area contributed by atoms with Gasteiger partial charge in [0, 0.05) is 30.1 Å².